The Kier molecular flexibility index (Phi) is 3.88. The van der Waals surface area contributed by atoms with Gasteiger partial charge in [0.05, 0.1) is 0 Å². The third-order valence-electron chi connectivity index (χ3n) is 8.63. The monoisotopic (exact) mass is 415 g/mol. The van der Waals surface area contributed by atoms with Crippen LogP contribution < -0.4 is 9.47 Å². The molecule has 31 heavy (non-hydrogen) atoms. The molecule has 3 fully saturated rings. The van der Waals surface area contributed by atoms with E-state index in [4.69, 9.17) is 9.47 Å². The molecule has 1 saturated heterocycles. The van der Waals surface area contributed by atoms with Crippen LogP contribution >= 0.6 is 0 Å². The molecule has 2 heterocycles. The zero-order valence-corrected chi connectivity index (χ0v) is 17.9. The van der Waals surface area contributed by atoms with Gasteiger partial charge in [-0.1, -0.05) is 36.4 Å². The summed E-state index contributed by atoms with van der Waals surface area (Å²) in [4.78, 5) is 15.9. The summed E-state index contributed by atoms with van der Waals surface area (Å²) < 4.78 is 12.8. The SMILES string of the molecule is O=C1CCC2C3Cc4ccc(OCc5ccccc5)c5c4[C@]2(CCN3CC2CC2)[C@@H]1O5. The van der Waals surface area contributed by atoms with E-state index in [1.807, 2.05) is 18.2 Å². The van der Waals surface area contributed by atoms with E-state index in [9.17, 15) is 4.79 Å². The van der Waals surface area contributed by atoms with Gasteiger partial charge in [0.2, 0.25) is 0 Å². The largest absolute Gasteiger partial charge is 0.485 e. The first kappa shape index (κ1) is 18.3. The van der Waals surface area contributed by atoms with Gasteiger partial charge in [-0.15, -0.1) is 0 Å². The third-order valence-corrected chi connectivity index (χ3v) is 8.63. The number of likely N-dealkylation sites (tertiary alicyclic amines) is 1. The van der Waals surface area contributed by atoms with Crippen molar-refractivity contribution in [2.24, 2.45) is 11.8 Å². The zero-order valence-electron chi connectivity index (χ0n) is 17.9. The Morgan fingerprint density at radius 1 is 1.10 bits per heavy atom. The summed E-state index contributed by atoms with van der Waals surface area (Å²) in [6.07, 6.45) is 6.28. The number of Topliss-reactive ketones (excluding diaryl/α,β-unsaturated/α-hetero) is 1. The maximum absolute atomic E-state index is 13.1. The fraction of sp³-hybridized carbons (Fsp3) is 0.519. The lowest BCUT2D eigenvalue weighted by Crippen LogP contribution is -2.66. The van der Waals surface area contributed by atoms with Crippen molar-refractivity contribution in [2.45, 2.75) is 62.7 Å². The van der Waals surface area contributed by atoms with E-state index >= 15 is 0 Å². The summed E-state index contributed by atoms with van der Waals surface area (Å²) in [5.41, 5.74) is 3.72. The molecule has 2 aliphatic heterocycles. The third kappa shape index (κ3) is 2.60. The number of ketones is 1. The minimum atomic E-state index is -0.313. The first-order chi connectivity index (χ1) is 15.2. The van der Waals surface area contributed by atoms with Crippen molar-refractivity contribution in [1.29, 1.82) is 0 Å². The highest BCUT2D eigenvalue weighted by molar-refractivity contribution is 5.89. The summed E-state index contributed by atoms with van der Waals surface area (Å²) in [6, 6.07) is 15.1. The van der Waals surface area contributed by atoms with Gasteiger partial charge in [-0.05, 0) is 67.7 Å². The zero-order chi connectivity index (χ0) is 20.6. The molecule has 0 radical (unpaired) electrons. The van der Waals surface area contributed by atoms with Crippen molar-refractivity contribution in [2.75, 3.05) is 13.1 Å². The molecule has 4 heteroatoms. The average molecular weight is 416 g/mol. The van der Waals surface area contributed by atoms with Crippen molar-refractivity contribution in [1.82, 2.24) is 4.90 Å². The molecule has 0 amide bonds. The lowest BCUT2D eigenvalue weighted by molar-refractivity contribution is -0.138. The lowest BCUT2D eigenvalue weighted by atomic mass is 9.51. The predicted molar refractivity (Wildman–Crippen MR) is 117 cm³/mol. The van der Waals surface area contributed by atoms with Crippen LogP contribution in [-0.4, -0.2) is 35.9 Å². The highest BCUT2D eigenvalue weighted by Gasteiger charge is 2.66. The summed E-state index contributed by atoms with van der Waals surface area (Å²) >= 11 is 0. The molecule has 4 nitrogen and oxygen atoms in total. The van der Waals surface area contributed by atoms with E-state index in [1.54, 1.807) is 0 Å². The van der Waals surface area contributed by atoms with Crippen LogP contribution in [0.3, 0.4) is 0 Å². The van der Waals surface area contributed by atoms with Crippen molar-refractivity contribution >= 4 is 5.78 Å². The van der Waals surface area contributed by atoms with Gasteiger partial charge in [-0.25, -0.2) is 0 Å². The summed E-state index contributed by atoms with van der Waals surface area (Å²) in [5.74, 6) is 3.40. The Bertz CT molecular complexity index is 1050. The second kappa shape index (κ2) is 6.59. The van der Waals surface area contributed by atoms with Crippen molar-refractivity contribution in [3.8, 4) is 11.5 Å². The molecule has 0 aromatic heterocycles. The molecule has 3 aliphatic carbocycles. The van der Waals surface area contributed by atoms with Crippen LogP contribution in [-0.2, 0) is 23.2 Å². The molecule has 5 aliphatic rings. The van der Waals surface area contributed by atoms with Crippen molar-refractivity contribution < 1.29 is 14.3 Å². The molecule has 2 aromatic carbocycles. The van der Waals surface area contributed by atoms with E-state index in [2.05, 4.69) is 29.2 Å². The van der Waals surface area contributed by atoms with Crippen LogP contribution in [0.1, 0.15) is 48.8 Å². The van der Waals surface area contributed by atoms with Crippen molar-refractivity contribution in [3.05, 3.63) is 59.2 Å². The lowest BCUT2D eigenvalue weighted by Gasteiger charge is -2.57. The number of ether oxygens (including phenoxy) is 2. The van der Waals surface area contributed by atoms with E-state index in [0.29, 0.717) is 30.8 Å². The number of hydrogen-bond acceptors (Lipinski definition) is 4. The van der Waals surface area contributed by atoms with Gasteiger partial charge in [0, 0.05) is 30.0 Å². The molecule has 0 N–H and O–H groups in total. The summed E-state index contributed by atoms with van der Waals surface area (Å²) in [6.45, 7) is 2.86. The number of nitrogens with zero attached hydrogens (tertiary/aromatic N) is 1. The van der Waals surface area contributed by atoms with E-state index in [0.717, 1.165) is 48.8 Å². The van der Waals surface area contributed by atoms with E-state index in [-0.39, 0.29) is 11.5 Å². The number of carbonyl (C=O) groups excluding carboxylic acids is 1. The second-order valence-electron chi connectivity index (χ2n) is 10.3. The molecule has 7 rings (SSSR count). The number of piperidine rings is 1. The molecule has 2 aromatic rings. The Morgan fingerprint density at radius 2 is 1.97 bits per heavy atom. The first-order valence-corrected chi connectivity index (χ1v) is 12.0. The maximum atomic E-state index is 13.1. The maximum Gasteiger partial charge on any atom is 0.174 e. The fourth-order valence-electron chi connectivity index (χ4n) is 7.11. The van der Waals surface area contributed by atoms with Crippen LogP contribution in [0.15, 0.2) is 42.5 Å². The van der Waals surface area contributed by atoms with Crippen molar-refractivity contribution in [3.63, 3.8) is 0 Å². The van der Waals surface area contributed by atoms with E-state index in [1.165, 1.54) is 30.5 Å². The quantitative estimate of drug-likeness (QED) is 0.731. The number of hydrogen-bond donors (Lipinski definition) is 0. The van der Waals surface area contributed by atoms with Crippen LogP contribution in [0, 0.1) is 11.8 Å². The van der Waals surface area contributed by atoms with Crippen LogP contribution in [0.2, 0.25) is 0 Å². The molecule has 160 valence electrons. The fourth-order valence-corrected chi connectivity index (χ4v) is 7.11. The number of carbonyl (C=O) groups is 1. The van der Waals surface area contributed by atoms with Crippen LogP contribution in [0.4, 0.5) is 0 Å². The molecule has 2 unspecified atom stereocenters. The highest BCUT2D eigenvalue weighted by Crippen LogP contribution is 2.63. The van der Waals surface area contributed by atoms with E-state index < -0.39 is 0 Å². The normalized spacial score (nSPS) is 33.0. The molecule has 2 bridgehead atoms. The Labute approximate surface area is 183 Å². The van der Waals surface area contributed by atoms with Gasteiger partial charge in [-0.2, -0.15) is 0 Å². The smallest absolute Gasteiger partial charge is 0.174 e. The molecular formula is C27H29NO3. The Balaban J connectivity index is 1.29. The topological polar surface area (TPSA) is 38.8 Å². The first-order valence-electron chi connectivity index (χ1n) is 12.0. The average Bonchev–Trinajstić information content (AvgIpc) is 3.54. The standard InChI is InChI=1S/C27H29NO3/c29-22-10-9-20-21-14-19-8-11-23(30-16-18-4-2-1-3-5-18)25-24(19)27(20,26(22)31-25)12-13-28(21)15-17-6-7-17/h1-5,8,11,17,20-21,26H,6-7,9-10,12-16H2/t20?,21?,26-,27-/m1/s1. The minimum absolute atomic E-state index is 0.130. The predicted octanol–water partition coefficient (Wildman–Crippen LogP) is 4.28. The van der Waals surface area contributed by atoms with Gasteiger partial charge in [0.15, 0.2) is 23.4 Å². The van der Waals surface area contributed by atoms with Gasteiger partial charge in [0.1, 0.15) is 6.61 Å². The molecule has 2 saturated carbocycles. The highest BCUT2D eigenvalue weighted by atomic mass is 16.5. The number of rotatable bonds is 5. The van der Waals surface area contributed by atoms with Gasteiger partial charge >= 0.3 is 0 Å². The molecular weight excluding hydrogens is 386 g/mol. The summed E-state index contributed by atoms with van der Waals surface area (Å²) in [5, 5.41) is 0. The summed E-state index contributed by atoms with van der Waals surface area (Å²) in [7, 11) is 0. The Morgan fingerprint density at radius 3 is 2.81 bits per heavy atom. The van der Waals surface area contributed by atoms with Gasteiger partial charge < -0.3 is 9.47 Å². The molecule has 4 atom stereocenters. The Hall–Kier alpha value is -2.33. The minimum Gasteiger partial charge on any atom is -0.485 e. The van der Waals surface area contributed by atoms with Crippen LogP contribution in [0.25, 0.3) is 0 Å². The molecule has 1 spiro atoms. The second-order valence-corrected chi connectivity index (χ2v) is 10.3. The van der Waals surface area contributed by atoms with Crippen LogP contribution in [0.5, 0.6) is 11.5 Å². The number of benzene rings is 2. The van der Waals surface area contributed by atoms with Gasteiger partial charge in [0.25, 0.3) is 0 Å². The van der Waals surface area contributed by atoms with Gasteiger partial charge in [-0.3, -0.25) is 9.69 Å².